The van der Waals surface area contributed by atoms with Crippen LogP contribution in [0.15, 0.2) is 48.7 Å². The zero-order valence-electron chi connectivity index (χ0n) is 12.5. The standard InChI is InChI=1S/C17H21N3O/c1-18-17-14-8-3-4-9-16(14)21-12-15(17)20(2)11-13-7-5-6-10-19-13/h3-10,15,17-18H,11-12H2,1-2H3. The minimum Gasteiger partial charge on any atom is -0.492 e. The molecule has 0 bridgehead atoms. The average Bonchev–Trinajstić information content (AvgIpc) is 2.54. The Labute approximate surface area is 125 Å². The van der Waals surface area contributed by atoms with Gasteiger partial charge in [-0.05, 0) is 32.3 Å². The second-order valence-corrected chi connectivity index (χ2v) is 5.42. The molecule has 2 aromatic rings. The number of hydrogen-bond donors (Lipinski definition) is 1. The monoisotopic (exact) mass is 283 g/mol. The molecule has 2 unspecified atom stereocenters. The van der Waals surface area contributed by atoms with E-state index in [0.29, 0.717) is 6.61 Å². The number of nitrogens with zero attached hydrogens (tertiary/aromatic N) is 2. The van der Waals surface area contributed by atoms with E-state index in [-0.39, 0.29) is 12.1 Å². The molecule has 1 aromatic carbocycles. The van der Waals surface area contributed by atoms with E-state index in [4.69, 9.17) is 4.74 Å². The van der Waals surface area contributed by atoms with Crippen molar-refractivity contribution in [1.29, 1.82) is 0 Å². The summed E-state index contributed by atoms with van der Waals surface area (Å²) in [7, 11) is 4.13. The van der Waals surface area contributed by atoms with Crippen LogP contribution in [0, 0.1) is 0 Å². The Hall–Kier alpha value is -1.91. The average molecular weight is 283 g/mol. The van der Waals surface area contributed by atoms with Gasteiger partial charge in [-0.15, -0.1) is 0 Å². The van der Waals surface area contributed by atoms with E-state index in [1.165, 1.54) is 5.56 Å². The minimum absolute atomic E-state index is 0.267. The highest BCUT2D eigenvalue weighted by Gasteiger charge is 2.32. The molecule has 0 amide bonds. The van der Waals surface area contributed by atoms with Gasteiger partial charge >= 0.3 is 0 Å². The molecule has 4 heteroatoms. The normalized spacial score (nSPS) is 20.9. The first-order valence-corrected chi connectivity index (χ1v) is 7.28. The summed E-state index contributed by atoms with van der Waals surface area (Å²) < 4.78 is 5.92. The van der Waals surface area contributed by atoms with Crippen molar-refractivity contribution in [3.8, 4) is 5.75 Å². The number of ether oxygens (including phenoxy) is 1. The quantitative estimate of drug-likeness (QED) is 0.934. The lowest BCUT2D eigenvalue weighted by atomic mass is 9.95. The Morgan fingerprint density at radius 3 is 2.81 bits per heavy atom. The summed E-state index contributed by atoms with van der Waals surface area (Å²) in [6.45, 7) is 1.50. The maximum Gasteiger partial charge on any atom is 0.124 e. The number of hydrogen-bond acceptors (Lipinski definition) is 4. The molecule has 21 heavy (non-hydrogen) atoms. The number of nitrogens with one attached hydrogen (secondary N) is 1. The van der Waals surface area contributed by atoms with Crippen LogP contribution in [0.4, 0.5) is 0 Å². The highest BCUT2D eigenvalue weighted by Crippen LogP contribution is 2.33. The Kier molecular flexibility index (Phi) is 4.18. The predicted octanol–water partition coefficient (Wildman–Crippen LogP) is 2.24. The number of benzene rings is 1. The molecule has 1 aromatic heterocycles. The summed E-state index contributed by atoms with van der Waals surface area (Å²) in [5.74, 6) is 0.985. The Balaban J connectivity index is 1.79. The second-order valence-electron chi connectivity index (χ2n) is 5.42. The lowest BCUT2D eigenvalue weighted by Gasteiger charge is -2.38. The molecule has 2 atom stereocenters. The summed E-state index contributed by atoms with van der Waals surface area (Å²) in [6, 6.07) is 14.8. The first-order valence-electron chi connectivity index (χ1n) is 7.28. The molecule has 1 aliphatic heterocycles. The van der Waals surface area contributed by atoms with Crippen molar-refractivity contribution in [3.63, 3.8) is 0 Å². The summed E-state index contributed by atoms with van der Waals surface area (Å²) >= 11 is 0. The van der Waals surface area contributed by atoms with Gasteiger partial charge in [0.25, 0.3) is 0 Å². The fraction of sp³-hybridized carbons (Fsp3) is 0.353. The molecule has 3 rings (SSSR count). The predicted molar refractivity (Wildman–Crippen MR) is 83.2 cm³/mol. The molecule has 2 heterocycles. The van der Waals surface area contributed by atoms with E-state index < -0.39 is 0 Å². The highest BCUT2D eigenvalue weighted by molar-refractivity contribution is 5.38. The summed E-state index contributed by atoms with van der Waals surface area (Å²) in [5, 5.41) is 3.43. The van der Waals surface area contributed by atoms with Crippen LogP contribution in [0.3, 0.4) is 0 Å². The SMILES string of the molecule is CNC1c2ccccc2OCC1N(C)Cc1ccccn1. The van der Waals surface area contributed by atoms with Gasteiger partial charge in [0.2, 0.25) is 0 Å². The van der Waals surface area contributed by atoms with Gasteiger partial charge in [-0.3, -0.25) is 9.88 Å². The Bertz CT molecular complexity index is 588. The third-order valence-electron chi connectivity index (χ3n) is 4.06. The van der Waals surface area contributed by atoms with Crippen LogP contribution in [0.5, 0.6) is 5.75 Å². The molecule has 0 aliphatic carbocycles. The molecule has 0 radical (unpaired) electrons. The molecule has 110 valence electrons. The second kappa shape index (κ2) is 6.24. The summed E-state index contributed by atoms with van der Waals surface area (Å²) in [5.41, 5.74) is 2.30. The highest BCUT2D eigenvalue weighted by atomic mass is 16.5. The van der Waals surface area contributed by atoms with Gasteiger partial charge in [-0.2, -0.15) is 0 Å². The Morgan fingerprint density at radius 2 is 2.05 bits per heavy atom. The number of para-hydroxylation sites is 1. The number of fused-ring (bicyclic) bond motifs is 1. The van der Waals surface area contributed by atoms with E-state index >= 15 is 0 Å². The van der Waals surface area contributed by atoms with Gasteiger partial charge in [0.15, 0.2) is 0 Å². The van der Waals surface area contributed by atoms with E-state index in [1.807, 2.05) is 37.5 Å². The van der Waals surface area contributed by atoms with E-state index in [1.54, 1.807) is 0 Å². The largest absolute Gasteiger partial charge is 0.492 e. The molecular weight excluding hydrogens is 262 g/mol. The van der Waals surface area contributed by atoms with Crippen molar-refractivity contribution >= 4 is 0 Å². The van der Waals surface area contributed by atoms with Crippen molar-refractivity contribution in [1.82, 2.24) is 15.2 Å². The van der Waals surface area contributed by atoms with Gasteiger partial charge in [-0.1, -0.05) is 24.3 Å². The minimum atomic E-state index is 0.267. The van der Waals surface area contributed by atoms with Gasteiger partial charge < -0.3 is 10.1 Å². The first-order chi connectivity index (χ1) is 10.3. The third-order valence-corrected chi connectivity index (χ3v) is 4.06. The van der Waals surface area contributed by atoms with Crippen molar-refractivity contribution in [2.24, 2.45) is 0 Å². The van der Waals surface area contributed by atoms with Crippen molar-refractivity contribution in [3.05, 3.63) is 59.9 Å². The van der Waals surface area contributed by atoms with Crippen molar-refractivity contribution in [2.45, 2.75) is 18.6 Å². The number of aromatic nitrogens is 1. The Morgan fingerprint density at radius 1 is 1.24 bits per heavy atom. The third kappa shape index (κ3) is 2.91. The zero-order chi connectivity index (χ0) is 14.7. The van der Waals surface area contributed by atoms with Crippen molar-refractivity contribution < 1.29 is 4.74 Å². The lowest BCUT2D eigenvalue weighted by Crippen LogP contribution is -2.47. The van der Waals surface area contributed by atoms with Crippen LogP contribution in [-0.4, -0.2) is 36.6 Å². The first kappa shape index (κ1) is 14.0. The summed E-state index contributed by atoms with van der Waals surface area (Å²) in [6.07, 6.45) is 1.84. The molecule has 0 saturated carbocycles. The number of pyridine rings is 1. The van der Waals surface area contributed by atoms with E-state index in [2.05, 4.69) is 40.4 Å². The fourth-order valence-corrected chi connectivity index (χ4v) is 2.94. The molecular formula is C17H21N3O. The van der Waals surface area contributed by atoms with Gasteiger partial charge in [0, 0.05) is 18.3 Å². The fourth-order valence-electron chi connectivity index (χ4n) is 2.94. The van der Waals surface area contributed by atoms with E-state index in [9.17, 15) is 0 Å². The number of rotatable bonds is 4. The zero-order valence-corrected chi connectivity index (χ0v) is 12.5. The molecule has 1 N–H and O–H groups in total. The smallest absolute Gasteiger partial charge is 0.124 e. The van der Waals surface area contributed by atoms with Crippen LogP contribution in [-0.2, 0) is 6.54 Å². The summed E-state index contributed by atoms with van der Waals surface area (Å²) in [4.78, 5) is 6.71. The molecule has 1 aliphatic rings. The molecule has 0 spiro atoms. The van der Waals surface area contributed by atoms with Crippen LogP contribution in [0.25, 0.3) is 0 Å². The molecule has 0 fully saturated rings. The topological polar surface area (TPSA) is 37.4 Å². The maximum absolute atomic E-state index is 5.92. The lowest BCUT2D eigenvalue weighted by molar-refractivity contribution is 0.103. The van der Waals surface area contributed by atoms with Crippen LogP contribution in [0.1, 0.15) is 17.3 Å². The van der Waals surface area contributed by atoms with Crippen LogP contribution in [0.2, 0.25) is 0 Å². The maximum atomic E-state index is 5.92. The molecule has 0 saturated heterocycles. The van der Waals surface area contributed by atoms with Gasteiger partial charge in [0.05, 0.1) is 17.8 Å². The van der Waals surface area contributed by atoms with Crippen LogP contribution < -0.4 is 10.1 Å². The van der Waals surface area contributed by atoms with Crippen LogP contribution >= 0.6 is 0 Å². The van der Waals surface area contributed by atoms with Gasteiger partial charge in [-0.25, -0.2) is 0 Å². The van der Waals surface area contributed by atoms with Crippen molar-refractivity contribution in [2.75, 3.05) is 20.7 Å². The van der Waals surface area contributed by atoms with E-state index in [0.717, 1.165) is 18.0 Å². The number of likely N-dealkylation sites (N-methyl/N-ethyl adjacent to an activating group) is 2. The van der Waals surface area contributed by atoms with Gasteiger partial charge in [0.1, 0.15) is 12.4 Å². The molecule has 4 nitrogen and oxygen atoms in total.